The molecule has 2 amide bonds. The van der Waals surface area contributed by atoms with Gasteiger partial charge in [0.05, 0.1) is 6.04 Å². The maximum Gasteiger partial charge on any atom is 0.335 e. The summed E-state index contributed by atoms with van der Waals surface area (Å²) in [6.45, 7) is 6.16. The van der Waals surface area contributed by atoms with Crippen LogP contribution in [0.3, 0.4) is 0 Å². The number of carboxylic acid groups (broad SMARTS) is 1. The van der Waals surface area contributed by atoms with Crippen molar-refractivity contribution in [3.8, 4) is 0 Å². The first-order chi connectivity index (χ1) is 12.6. The summed E-state index contributed by atoms with van der Waals surface area (Å²) in [4.78, 5) is 42.0. The lowest BCUT2D eigenvalue weighted by molar-refractivity contribution is -0.158. The summed E-state index contributed by atoms with van der Waals surface area (Å²) in [5, 5.41) is 22.4. The van der Waals surface area contributed by atoms with E-state index >= 15 is 0 Å². The summed E-state index contributed by atoms with van der Waals surface area (Å²) < 4.78 is 0. The molecule has 1 fully saturated rings. The monoisotopic (exact) mass is 385 g/mol. The number of aliphatic imine (C=N–C) groups is 1. The summed E-state index contributed by atoms with van der Waals surface area (Å²) in [5.74, 6) is -3.19. The van der Waals surface area contributed by atoms with Crippen LogP contribution in [-0.2, 0) is 14.4 Å². The number of guanidine groups is 1. The number of rotatable bonds is 9. The SMILES string of the molecule is CCCN(CCC)C(=O)C(NC(C)=O)[C@@H]1C[C@@](O)(C(=O)O)C[C@H]1N=C(N)N. The van der Waals surface area contributed by atoms with Gasteiger partial charge >= 0.3 is 5.97 Å². The van der Waals surface area contributed by atoms with Crippen molar-refractivity contribution in [3.63, 3.8) is 0 Å². The number of nitrogens with one attached hydrogen (secondary N) is 1. The lowest BCUT2D eigenvalue weighted by Gasteiger charge is -2.32. The van der Waals surface area contributed by atoms with Gasteiger partial charge in [0, 0.05) is 32.4 Å². The van der Waals surface area contributed by atoms with E-state index in [9.17, 15) is 24.6 Å². The number of amides is 2. The fourth-order valence-electron chi connectivity index (χ4n) is 3.59. The van der Waals surface area contributed by atoms with E-state index in [1.54, 1.807) is 4.90 Å². The number of carbonyl (C=O) groups excluding carboxylic acids is 2. The molecule has 0 aliphatic heterocycles. The minimum absolute atomic E-state index is 0.240. The van der Waals surface area contributed by atoms with E-state index < -0.39 is 35.5 Å². The van der Waals surface area contributed by atoms with Gasteiger partial charge in [0.25, 0.3) is 0 Å². The number of nitrogens with zero attached hydrogens (tertiary/aromatic N) is 2. The average molecular weight is 385 g/mol. The first kappa shape index (κ1) is 22.7. The van der Waals surface area contributed by atoms with E-state index in [1.165, 1.54) is 6.92 Å². The second-order valence-electron chi connectivity index (χ2n) is 7.03. The zero-order valence-corrected chi connectivity index (χ0v) is 16.1. The van der Waals surface area contributed by atoms with E-state index in [0.717, 1.165) is 12.8 Å². The number of aliphatic hydroxyl groups is 1. The predicted octanol–water partition coefficient (Wildman–Crippen LogP) is -0.993. The molecule has 1 rings (SSSR count). The van der Waals surface area contributed by atoms with Gasteiger partial charge in [0.2, 0.25) is 11.8 Å². The highest BCUT2D eigenvalue weighted by molar-refractivity contribution is 5.88. The molecule has 0 saturated heterocycles. The summed E-state index contributed by atoms with van der Waals surface area (Å²) in [7, 11) is 0. The molecule has 10 nitrogen and oxygen atoms in total. The van der Waals surface area contributed by atoms with Crippen LogP contribution in [0.4, 0.5) is 0 Å². The molecule has 154 valence electrons. The molecule has 0 spiro atoms. The Kier molecular flexibility index (Phi) is 8.01. The Labute approximate surface area is 159 Å². The van der Waals surface area contributed by atoms with Crippen LogP contribution < -0.4 is 16.8 Å². The Morgan fingerprint density at radius 1 is 1.22 bits per heavy atom. The maximum atomic E-state index is 13.1. The second kappa shape index (κ2) is 9.54. The highest BCUT2D eigenvalue weighted by Gasteiger charge is 2.53. The normalized spacial score (nSPS) is 25.5. The number of aliphatic carboxylic acids is 1. The molecule has 1 aliphatic carbocycles. The molecule has 4 atom stereocenters. The molecule has 10 heteroatoms. The molecular formula is C17H31N5O5. The van der Waals surface area contributed by atoms with Crippen LogP contribution in [0.15, 0.2) is 4.99 Å². The van der Waals surface area contributed by atoms with E-state index in [0.29, 0.717) is 13.1 Å². The van der Waals surface area contributed by atoms with Crippen molar-refractivity contribution < 1.29 is 24.6 Å². The van der Waals surface area contributed by atoms with E-state index in [2.05, 4.69) is 10.3 Å². The van der Waals surface area contributed by atoms with Gasteiger partial charge in [0.15, 0.2) is 11.6 Å². The molecule has 1 saturated carbocycles. The van der Waals surface area contributed by atoms with Gasteiger partial charge < -0.3 is 31.9 Å². The van der Waals surface area contributed by atoms with Crippen molar-refractivity contribution in [2.45, 2.75) is 64.1 Å². The Balaban J connectivity index is 3.28. The highest BCUT2D eigenvalue weighted by Crippen LogP contribution is 2.39. The van der Waals surface area contributed by atoms with Crippen molar-refractivity contribution in [3.05, 3.63) is 0 Å². The van der Waals surface area contributed by atoms with E-state index in [-0.39, 0.29) is 24.7 Å². The Bertz CT molecular complexity index is 586. The number of carboxylic acids is 1. The molecule has 27 heavy (non-hydrogen) atoms. The molecule has 1 aliphatic rings. The molecule has 7 N–H and O–H groups in total. The Morgan fingerprint density at radius 3 is 2.19 bits per heavy atom. The van der Waals surface area contributed by atoms with Crippen LogP contribution in [-0.4, -0.2) is 69.6 Å². The van der Waals surface area contributed by atoms with Crippen LogP contribution in [0.5, 0.6) is 0 Å². The van der Waals surface area contributed by atoms with Crippen LogP contribution in [0.25, 0.3) is 0 Å². The quantitative estimate of drug-likeness (QED) is 0.250. The van der Waals surface area contributed by atoms with Crippen LogP contribution in [0.1, 0.15) is 46.5 Å². The third-order valence-corrected chi connectivity index (χ3v) is 4.68. The Hall–Kier alpha value is -2.36. The fraction of sp³-hybridized carbons (Fsp3) is 0.765. The van der Waals surface area contributed by atoms with Gasteiger partial charge in [-0.15, -0.1) is 0 Å². The van der Waals surface area contributed by atoms with Gasteiger partial charge in [-0.3, -0.25) is 9.59 Å². The molecule has 0 bridgehead atoms. The van der Waals surface area contributed by atoms with Crippen molar-refractivity contribution >= 4 is 23.7 Å². The van der Waals surface area contributed by atoms with Crippen molar-refractivity contribution in [2.24, 2.45) is 22.4 Å². The third kappa shape index (κ3) is 5.81. The van der Waals surface area contributed by atoms with Crippen molar-refractivity contribution in [2.75, 3.05) is 13.1 Å². The number of carbonyl (C=O) groups is 3. The molecule has 0 aromatic rings. The van der Waals surface area contributed by atoms with Gasteiger partial charge in [-0.1, -0.05) is 13.8 Å². The minimum atomic E-state index is -2.06. The third-order valence-electron chi connectivity index (χ3n) is 4.68. The summed E-state index contributed by atoms with van der Waals surface area (Å²) in [5.41, 5.74) is 8.83. The lowest BCUT2D eigenvalue weighted by atomic mass is 9.91. The topological polar surface area (TPSA) is 171 Å². The standard InChI is InChI=1S/C17H31N5O5/c1-4-6-22(7-5-2)14(24)13(20-10(3)23)11-8-17(27,15(25)26)9-12(11)21-16(18)19/h11-13,27H,4-9H2,1-3H3,(H,20,23)(H,25,26)(H4,18,19,21)/t11-,12-,13?,17+/m1/s1. The highest BCUT2D eigenvalue weighted by atomic mass is 16.4. The zero-order valence-electron chi connectivity index (χ0n) is 16.1. The van der Waals surface area contributed by atoms with Gasteiger partial charge in [-0.2, -0.15) is 0 Å². The predicted molar refractivity (Wildman–Crippen MR) is 99.7 cm³/mol. The van der Waals surface area contributed by atoms with Gasteiger partial charge in [0.1, 0.15) is 6.04 Å². The van der Waals surface area contributed by atoms with Crippen LogP contribution in [0, 0.1) is 5.92 Å². The van der Waals surface area contributed by atoms with E-state index in [4.69, 9.17) is 11.5 Å². The molecular weight excluding hydrogens is 354 g/mol. The number of hydrogen-bond donors (Lipinski definition) is 5. The maximum absolute atomic E-state index is 13.1. The van der Waals surface area contributed by atoms with Gasteiger partial charge in [-0.05, 0) is 19.3 Å². The van der Waals surface area contributed by atoms with Crippen molar-refractivity contribution in [1.82, 2.24) is 10.2 Å². The lowest BCUT2D eigenvalue weighted by Crippen LogP contribution is -2.54. The molecule has 0 radical (unpaired) electrons. The first-order valence-electron chi connectivity index (χ1n) is 9.16. The minimum Gasteiger partial charge on any atom is -0.479 e. The summed E-state index contributed by atoms with van der Waals surface area (Å²) in [6, 6.07) is -1.83. The molecule has 1 unspecified atom stereocenters. The molecule has 0 aromatic carbocycles. The van der Waals surface area contributed by atoms with Crippen LogP contribution >= 0.6 is 0 Å². The largest absolute Gasteiger partial charge is 0.479 e. The van der Waals surface area contributed by atoms with Crippen LogP contribution in [0.2, 0.25) is 0 Å². The smallest absolute Gasteiger partial charge is 0.335 e. The molecule has 0 heterocycles. The second-order valence-corrected chi connectivity index (χ2v) is 7.03. The zero-order chi connectivity index (χ0) is 20.8. The van der Waals surface area contributed by atoms with Gasteiger partial charge in [-0.25, -0.2) is 9.79 Å². The Morgan fingerprint density at radius 2 is 1.78 bits per heavy atom. The number of nitrogens with two attached hydrogens (primary N) is 2. The number of hydrogen-bond acceptors (Lipinski definition) is 5. The molecule has 0 aromatic heterocycles. The van der Waals surface area contributed by atoms with E-state index in [1.807, 2.05) is 13.8 Å². The average Bonchev–Trinajstić information content (AvgIpc) is 2.88. The first-order valence-corrected chi connectivity index (χ1v) is 9.16. The summed E-state index contributed by atoms with van der Waals surface area (Å²) in [6.07, 6.45) is 0.988. The fourth-order valence-corrected chi connectivity index (χ4v) is 3.59. The summed E-state index contributed by atoms with van der Waals surface area (Å²) >= 11 is 0. The van der Waals surface area contributed by atoms with Crippen molar-refractivity contribution in [1.29, 1.82) is 0 Å².